The van der Waals surface area contributed by atoms with Gasteiger partial charge in [-0.25, -0.2) is 4.68 Å². The first-order chi connectivity index (χ1) is 10.3. The van der Waals surface area contributed by atoms with E-state index in [2.05, 4.69) is 54.8 Å². The summed E-state index contributed by atoms with van der Waals surface area (Å²) >= 11 is 0. The Hall–Kier alpha value is -2.39. The van der Waals surface area contributed by atoms with Crippen molar-refractivity contribution < 1.29 is 0 Å². The molecule has 0 aliphatic heterocycles. The van der Waals surface area contributed by atoms with Gasteiger partial charge in [0.05, 0.1) is 11.4 Å². The van der Waals surface area contributed by atoms with Crippen LogP contribution < -0.4 is 5.32 Å². The third-order valence-electron chi connectivity index (χ3n) is 3.50. The molecular weight excluding hydrogens is 258 g/mol. The standard InChI is InChI=1S/C18H19N3/c1-14-8-10-15(11-9-14)18-16(12-19-2)13-21(20-18)17-6-4-3-5-7-17/h3-11,13,19H,12H2,1-2H3. The number of para-hydroxylation sites is 1. The van der Waals surface area contributed by atoms with Crippen molar-refractivity contribution in [1.29, 1.82) is 0 Å². The molecule has 3 aromatic rings. The molecule has 0 atom stereocenters. The van der Waals surface area contributed by atoms with E-state index in [-0.39, 0.29) is 0 Å². The summed E-state index contributed by atoms with van der Waals surface area (Å²) in [4.78, 5) is 0. The molecule has 1 aromatic heterocycles. The molecule has 0 unspecified atom stereocenters. The fourth-order valence-electron chi connectivity index (χ4n) is 2.40. The highest BCUT2D eigenvalue weighted by molar-refractivity contribution is 5.63. The summed E-state index contributed by atoms with van der Waals surface area (Å²) in [6.45, 7) is 2.90. The zero-order valence-corrected chi connectivity index (χ0v) is 12.4. The van der Waals surface area contributed by atoms with E-state index in [1.54, 1.807) is 0 Å². The molecule has 0 spiro atoms. The van der Waals surface area contributed by atoms with Crippen LogP contribution in [0.3, 0.4) is 0 Å². The summed E-state index contributed by atoms with van der Waals surface area (Å²) in [5.41, 5.74) is 5.73. The molecule has 2 aromatic carbocycles. The first-order valence-corrected chi connectivity index (χ1v) is 7.13. The minimum Gasteiger partial charge on any atom is -0.316 e. The molecule has 0 radical (unpaired) electrons. The van der Waals surface area contributed by atoms with Gasteiger partial charge in [-0.1, -0.05) is 48.0 Å². The molecule has 0 amide bonds. The minimum absolute atomic E-state index is 0.802. The van der Waals surface area contributed by atoms with Gasteiger partial charge in [-0.15, -0.1) is 0 Å². The van der Waals surface area contributed by atoms with Gasteiger partial charge in [0.15, 0.2) is 0 Å². The molecule has 0 aliphatic rings. The topological polar surface area (TPSA) is 29.9 Å². The minimum atomic E-state index is 0.802. The predicted molar refractivity (Wildman–Crippen MR) is 86.5 cm³/mol. The number of benzene rings is 2. The first-order valence-electron chi connectivity index (χ1n) is 7.13. The Bertz CT molecular complexity index is 712. The second-order valence-electron chi connectivity index (χ2n) is 5.18. The van der Waals surface area contributed by atoms with Crippen LogP contribution in [0.15, 0.2) is 60.8 Å². The van der Waals surface area contributed by atoms with Crippen molar-refractivity contribution in [3.63, 3.8) is 0 Å². The zero-order valence-electron chi connectivity index (χ0n) is 12.4. The van der Waals surface area contributed by atoms with Crippen LogP contribution in [0.4, 0.5) is 0 Å². The van der Waals surface area contributed by atoms with Gasteiger partial charge in [-0.3, -0.25) is 0 Å². The number of aryl methyl sites for hydroxylation is 1. The van der Waals surface area contributed by atoms with Gasteiger partial charge in [-0.2, -0.15) is 5.10 Å². The molecule has 1 heterocycles. The maximum absolute atomic E-state index is 4.78. The summed E-state index contributed by atoms with van der Waals surface area (Å²) in [7, 11) is 1.96. The lowest BCUT2D eigenvalue weighted by molar-refractivity contribution is 0.817. The van der Waals surface area contributed by atoms with Crippen molar-refractivity contribution in [3.8, 4) is 16.9 Å². The molecule has 1 N–H and O–H groups in total. The lowest BCUT2D eigenvalue weighted by atomic mass is 10.1. The molecule has 3 rings (SSSR count). The van der Waals surface area contributed by atoms with Gasteiger partial charge in [-0.05, 0) is 26.1 Å². The molecule has 3 nitrogen and oxygen atoms in total. The molecule has 0 saturated carbocycles. The maximum atomic E-state index is 4.78. The fourth-order valence-corrected chi connectivity index (χ4v) is 2.40. The van der Waals surface area contributed by atoms with Crippen molar-refractivity contribution in [2.75, 3.05) is 7.05 Å². The Labute approximate surface area is 125 Å². The number of aromatic nitrogens is 2. The van der Waals surface area contributed by atoms with Gasteiger partial charge in [0.2, 0.25) is 0 Å². The lowest BCUT2D eigenvalue weighted by Crippen LogP contribution is -2.05. The zero-order chi connectivity index (χ0) is 14.7. The van der Waals surface area contributed by atoms with E-state index in [0.717, 1.165) is 23.5 Å². The van der Waals surface area contributed by atoms with Gasteiger partial charge in [0.25, 0.3) is 0 Å². The van der Waals surface area contributed by atoms with Crippen LogP contribution in [0.25, 0.3) is 16.9 Å². The van der Waals surface area contributed by atoms with Crippen LogP contribution >= 0.6 is 0 Å². The van der Waals surface area contributed by atoms with E-state index < -0.39 is 0 Å². The van der Waals surface area contributed by atoms with Crippen LogP contribution in [-0.2, 0) is 6.54 Å². The number of hydrogen-bond donors (Lipinski definition) is 1. The number of rotatable bonds is 4. The Balaban J connectivity index is 2.06. The maximum Gasteiger partial charge on any atom is 0.0972 e. The Morgan fingerprint density at radius 3 is 2.38 bits per heavy atom. The quantitative estimate of drug-likeness (QED) is 0.790. The second kappa shape index (κ2) is 5.94. The molecule has 0 aliphatic carbocycles. The number of hydrogen-bond acceptors (Lipinski definition) is 2. The Morgan fingerprint density at radius 2 is 1.71 bits per heavy atom. The highest BCUT2D eigenvalue weighted by Crippen LogP contribution is 2.24. The van der Waals surface area contributed by atoms with E-state index in [1.165, 1.54) is 11.1 Å². The molecule has 0 bridgehead atoms. The third kappa shape index (κ3) is 2.88. The van der Waals surface area contributed by atoms with Crippen LogP contribution in [0.2, 0.25) is 0 Å². The smallest absolute Gasteiger partial charge is 0.0972 e. The summed E-state index contributed by atoms with van der Waals surface area (Å²) in [5.74, 6) is 0. The number of nitrogens with one attached hydrogen (secondary N) is 1. The van der Waals surface area contributed by atoms with Crippen LogP contribution in [-0.4, -0.2) is 16.8 Å². The monoisotopic (exact) mass is 277 g/mol. The van der Waals surface area contributed by atoms with Gasteiger partial charge in [0, 0.05) is 23.9 Å². The Morgan fingerprint density at radius 1 is 1.00 bits per heavy atom. The number of nitrogens with zero attached hydrogens (tertiary/aromatic N) is 2. The lowest BCUT2D eigenvalue weighted by Gasteiger charge is -2.02. The van der Waals surface area contributed by atoms with Gasteiger partial charge in [0.1, 0.15) is 0 Å². The summed E-state index contributed by atoms with van der Waals surface area (Å²) in [5, 5.41) is 7.99. The van der Waals surface area contributed by atoms with Crippen molar-refractivity contribution in [2.45, 2.75) is 13.5 Å². The van der Waals surface area contributed by atoms with E-state index >= 15 is 0 Å². The summed E-state index contributed by atoms with van der Waals surface area (Å²) in [6.07, 6.45) is 2.10. The SMILES string of the molecule is CNCc1cn(-c2ccccc2)nc1-c1ccc(C)cc1. The van der Waals surface area contributed by atoms with Crippen LogP contribution in [0, 0.1) is 6.92 Å². The van der Waals surface area contributed by atoms with E-state index in [9.17, 15) is 0 Å². The average Bonchev–Trinajstić information content (AvgIpc) is 2.93. The van der Waals surface area contributed by atoms with Gasteiger partial charge >= 0.3 is 0 Å². The van der Waals surface area contributed by atoms with Crippen molar-refractivity contribution >= 4 is 0 Å². The van der Waals surface area contributed by atoms with E-state index in [4.69, 9.17) is 5.10 Å². The molecule has 0 saturated heterocycles. The fraction of sp³-hybridized carbons (Fsp3) is 0.167. The van der Waals surface area contributed by atoms with E-state index in [1.807, 2.05) is 29.9 Å². The van der Waals surface area contributed by atoms with Crippen molar-refractivity contribution in [3.05, 3.63) is 71.9 Å². The highest BCUT2D eigenvalue weighted by Gasteiger charge is 2.11. The molecule has 106 valence electrons. The van der Waals surface area contributed by atoms with E-state index in [0.29, 0.717) is 0 Å². The molecular formula is C18H19N3. The van der Waals surface area contributed by atoms with Gasteiger partial charge < -0.3 is 5.32 Å². The Kier molecular flexibility index (Phi) is 3.84. The molecule has 0 fully saturated rings. The van der Waals surface area contributed by atoms with Crippen LogP contribution in [0.1, 0.15) is 11.1 Å². The largest absolute Gasteiger partial charge is 0.316 e. The second-order valence-corrected chi connectivity index (χ2v) is 5.18. The first kappa shape index (κ1) is 13.6. The molecule has 21 heavy (non-hydrogen) atoms. The highest BCUT2D eigenvalue weighted by atomic mass is 15.3. The normalized spacial score (nSPS) is 10.8. The summed E-state index contributed by atoms with van der Waals surface area (Å²) in [6, 6.07) is 18.7. The average molecular weight is 277 g/mol. The van der Waals surface area contributed by atoms with Crippen LogP contribution in [0.5, 0.6) is 0 Å². The third-order valence-corrected chi connectivity index (χ3v) is 3.50. The molecule has 3 heteroatoms. The van der Waals surface area contributed by atoms with Crippen molar-refractivity contribution in [2.24, 2.45) is 0 Å². The predicted octanol–water partition coefficient (Wildman–Crippen LogP) is 3.57. The van der Waals surface area contributed by atoms with Crippen molar-refractivity contribution in [1.82, 2.24) is 15.1 Å². The summed E-state index contributed by atoms with van der Waals surface area (Å²) < 4.78 is 1.95.